The molecule has 6 rings (SSSR count). The number of amides is 1. The normalized spacial score (nSPS) is 26.4. The molecule has 0 bridgehead atoms. The van der Waals surface area contributed by atoms with Crippen molar-refractivity contribution in [2.75, 3.05) is 31.6 Å². The van der Waals surface area contributed by atoms with Crippen LogP contribution in [0.2, 0.25) is 5.02 Å². The molecule has 3 heterocycles. The van der Waals surface area contributed by atoms with Gasteiger partial charge in [0.2, 0.25) is 5.91 Å². The Balaban J connectivity index is 1.20. The molecule has 1 atom stereocenters. The average Bonchev–Trinajstić information content (AvgIpc) is 3.60. The van der Waals surface area contributed by atoms with Crippen LogP contribution in [0.1, 0.15) is 43.6 Å². The number of rotatable bonds is 4. The maximum Gasteiger partial charge on any atom is 0.229 e. The summed E-state index contributed by atoms with van der Waals surface area (Å²) >= 11 is 6.66. The Labute approximate surface area is 175 Å². The number of piperidine rings is 1. The largest absolute Gasteiger partial charge is 0.378 e. The second-order valence-corrected chi connectivity index (χ2v) is 9.81. The molecule has 2 aliphatic heterocycles. The average molecular weight is 412 g/mol. The van der Waals surface area contributed by atoms with E-state index in [9.17, 15) is 4.79 Å². The SMILES string of the molecule is O=C(Nc1cc2cc(C3CCN(C4COC4)CC3)c(Cl)cc2cn1)[C@@H]1CC12CC2. The molecule has 2 saturated heterocycles. The first kappa shape index (κ1) is 18.1. The fraction of sp³-hybridized carbons (Fsp3) is 0.565. The monoisotopic (exact) mass is 411 g/mol. The van der Waals surface area contributed by atoms with E-state index in [1.807, 2.05) is 18.3 Å². The summed E-state index contributed by atoms with van der Waals surface area (Å²) in [5.74, 6) is 1.47. The predicted octanol–water partition coefficient (Wildman–Crippen LogP) is 4.21. The molecule has 1 spiro atoms. The third-order valence-corrected chi connectivity index (χ3v) is 7.92. The lowest BCUT2D eigenvalue weighted by Crippen LogP contribution is -2.51. The van der Waals surface area contributed by atoms with Crippen LogP contribution in [0.25, 0.3) is 10.8 Å². The van der Waals surface area contributed by atoms with E-state index in [1.54, 1.807) is 0 Å². The van der Waals surface area contributed by atoms with Crippen molar-refractivity contribution in [1.82, 2.24) is 9.88 Å². The summed E-state index contributed by atoms with van der Waals surface area (Å²) < 4.78 is 5.34. The van der Waals surface area contributed by atoms with Crippen LogP contribution in [-0.2, 0) is 9.53 Å². The van der Waals surface area contributed by atoms with Crippen LogP contribution in [0, 0.1) is 11.3 Å². The first-order chi connectivity index (χ1) is 14.1. The zero-order chi connectivity index (χ0) is 19.6. The number of likely N-dealkylation sites (tertiary alicyclic amines) is 1. The fourth-order valence-electron chi connectivity index (χ4n) is 5.22. The topological polar surface area (TPSA) is 54.5 Å². The summed E-state index contributed by atoms with van der Waals surface area (Å²) in [6, 6.07) is 6.84. The van der Waals surface area contributed by atoms with E-state index in [-0.39, 0.29) is 11.8 Å². The van der Waals surface area contributed by atoms with Crippen LogP contribution in [0.4, 0.5) is 5.82 Å². The third-order valence-electron chi connectivity index (χ3n) is 7.59. The van der Waals surface area contributed by atoms with Crippen molar-refractivity contribution in [3.63, 3.8) is 0 Å². The Kier molecular flexibility index (Phi) is 4.16. The van der Waals surface area contributed by atoms with Gasteiger partial charge in [-0.3, -0.25) is 9.69 Å². The number of aromatic nitrogens is 1. The molecule has 5 nitrogen and oxygen atoms in total. The first-order valence-electron chi connectivity index (χ1n) is 10.8. The predicted molar refractivity (Wildman–Crippen MR) is 113 cm³/mol. The molecular weight excluding hydrogens is 386 g/mol. The van der Waals surface area contributed by atoms with E-state index >= 15 is 0 Å². The molecule has 152 valence electrons. The maximum absolute atomic E-state index is 12.5. The van der Waals surface area contributed by atoms with Crippen molar-refractivity contribution in [3.8, 4) is 0 Å². The van der Waals surface area contributed by atoms with E-state index < -0.39 is 0 Å². The van der Waals surface area contributed by atoms with Crippen molar-refractivity contribution in [2.24, 2.45) is 11.3 Å². The van der Waals surface area contributed by atoms with Gasteiger partial charge in [0, 0.05) is 22.5 Å². The zero-order valence-electron chi connectivity index (χ0n) is 16.5. The van der Waals surface area contributed by atoms with Crippen molar-refractivity contribution < 1.29 is 9.53 Å². The molecule has 4 fully saturated rings. The van der Waals surface area contributed by atoms with Gasteiger partial charge in [0.1, 0.15) is 5.82 Å². The molecule has 1 aromatic carbocycles. The second-order valence-electron chi connectivity index (χ2n) is 9.40. The first-order valence-corrected chi connectivity index (χ1v) is 11.2. The van der Waals surface area contributed by atoms with Crippen LogP contribution >= 0.6 is 11.6 Å². The number of hydrogen-bond acceptors (Lipinski definition) is 4. The zero-order valence-corrected chi connectivity index (χ0v) is 17.3. The van der Waals surface area contributed by atoms with Crippen molar-refractivity contribution in [3.05, 3.63) is 35.0 Å². The van der Waals surface area contributed by atoms with Crippen LogP contribution in [0.5, 0.6) is 0 Å². The standard InChI is InChI=1S/C23H26ClN3O2/c24-20-8-16-11-25-21(26-22(28)19-10-23(19)3-4-23)9-15(16)7-18(20)14-1-5-27(6-2-14)17-12-29-13-17/h7-9,11,14,17,19H,1-6,10,12-13H2,(H,25,26,28)/t19-/m0/s1. The molecular formula is C23H26ClN3O2. The minimum atomic E-state index is 0.135. The minimum absolute atomic E-state index is 0.135. The van der Waals surface area contributed by atoms with Crippen molar-refractivity contribution in [2.45, 2.75) is 44.1 Å². The molecule has 0 radical (unpaired) electrons. The second kappa shape index (κ2) is 6.66. The van der Waals surface area contributed by atoms with Gasteiger partial charge >= 0.3 is 0 Å². The van der Waals surface area contributed by atoms with E-state index in [2.05, 4.69) is 21.3 Å². The number of ether oxygens (including phenoxy) is 1. The highest BCUT2D eigenvalue weighted by Crippen LogP contribution is 2.70. The summed E-state index contributed by atoms with van der Waals surface area (Å²) in [5, 5.41) is 5.98. The number of carbonyl (C=O) groups is 1. The number of hydrogen-bond donors (Lipinski definition) is 1. The summed E-state index contributed by atoms with van der Waals surface area (Å²) in [7, 11) is 0. The maximum atomic E-state index is 12.5. The molecule has 1 N–H and O–H groups in total. The summed E-state index contributed by atoms with van der Waals surface area (Å²) in [5.41, 5.74) is 1.59. The number of carbonyl (C=O) groups excluding carboxylic acids is 1. The van der Waals surface area contributed by atoms with Gasteiger partial charge in [0.25, 0.3) is 0 Å². The number of fused-ring (bicyclic) bond motifs is 1. The number of anilines is 1. The molecule has 0 unspecified atom stereocenters. The summed E-state index contributed by atoms with van der Waals surface area (Å²) in [4.78, 5) is 19.5. The Bertz CT molecular complexity index is 977. The molecule has 29 heavy (non-hydrogen) atoms. The van der Waals surface area contributed by atoms with Gasteiger partial charge in [-0.15, -0.1) is 0 Å². The quantitative estimate of drug-likeness (QED) is 0.819. The molecule has 1 amide bonds. The Morgan fingerprint density at radius 1 is 1.17 bits per heavy atom. The van der Waals surface area contributed by atoms with Gasteiger partial charge in [0.15, 0.2) is 0 Å². The summed E-state index contributed by atoms with van der Waals surface area (Å²) in [6.07, 6.45) is 7.55. The number of nitrogens with zero attached hydrogens (tertiary/aromatic N) is 2. The van der Waals surface area contributed by atoms with Gasteiger partial charge in [-0.05, 0) is 85.7 Å². The van der Waals surface area contributed by atoms with E-state index in [1.165, 1.54) is 18.4 Å². The Hall–Kier alpha value is -1.69. The highest BCUT2D eigenvalue weighted by Gasteiger charge is 2.65. The highest BCUT2D eigenvalue weighted by atomic mass is 35.5. The number of halogens is 1. The molecule has 1 aromatic heterocycles. The molecule has 2 aliphatic carbocycles. The Morgan fingerprint density at radius 3 is 2.62 bits per heavy atom. The lowest BCUT2D eigenvalue weighted by atomic mass is 9.87. The molecule has 2 saturated carbocycles. The molecule has 4 aliphatic rings. The third kappa shape index (κ3) is 3.24. The number of nitrogens with one attached hydrogen (secondary N) is 1. The molecule has 6 heteroatoms. The van der Waals surface area contributed by atoms with Crippen LogP contribution in [-0.4, -0.2) is 48.1 Å². The van der Waals surface area contributed by atoms with Crippen molar-refractivity contribution >= 4 is 34.1 Å². The van der Waals surface area contributed by atoms with Gasteiger partial charge in [-0.1, -0.05) is 11.6 Å². The van der Waals surface area contributed by atoms with E-state index in [4.69, 9.17) is 16.3 Å². The lowest BCUT2D eigenvalue weighted by Gasteiger charge is -2.41. The summed E-state index contributed by atoms with van der Waals surface area (Å²) in [6.45, 7) is 3.97. The van der Waals surface area contributed by atoms with Crippen LogP contribution in [0.15, 0.2) is 24.4 Å². The van der Waals surface area contributed by atoms with Gasteiger partial charge in [-0.25, -0.2) is 4.98 Å². The van der Waals surface area contributed by atoms with Crippen molar-refractivity contribution in [1.29, 1.82) is 0 Å². The van der Waals surface area contributed by atoms with Crippen LogP contribution < -0.4 is 5.32 Å². The van der Waals surface area contributed by atoms with E-state index in [0.717, 1.165) is 61.4 Å². The molecule has 2 aromatic rings. The van der Waals surface area contributed by atoms with Gasteiger partial charge in [0.05, 0.1) is 19.3 Å². The Morgan fingerprint density at radius 2 is 1.97 bits per heavy atom. The fourth-order valence-corrected chi connectivity index (χ4v) is 5.55. The van der Waals surface area contributed by atoms with Gasteiger partial charge in [-0.2, -0.15) is 0 Å². The highest BCUT2D eigenvalue weighted by molar-refractivity contribution is 6.32. The van der Waals surface area contributed by atoms with Crippen LogP contribution in [0.3, 0.4) is 0 Å². The number of benzene rings is 1. The van der Waals surface area contributed by atoms with E-state index in [0.29, 0.717) is 23.2 Å². The smallest absolute Gasteiger partial charge is 0.229 e. The van der Waals surface area contributed by atoms with Gasteiger partial charge < -0.3 is 10.1 Å². The lowest BCUT2D eigenvalue weighted by molar-refractivity contribution is -0.117. The minimum Gasteiger partial charge on any atom is -0.378 e. The number of pyridine rings is 1.